The number of nitrogens with zero attached hydrogens (tertiary/aromatic N) is 1. The molecule has 3 aromatic rings. The van der Waals surface area contributed by atoms with Crippen molar-refractivity contribution in [2.45, 2.75) is 0 Å². The molecule has 0 aliphatic rings. The lowest BCUT2D eigenvalue weighted by Crippen LogP contribution is -2.11. The van der Waals surface area contributed by atoms with Gasteiger partial charge in [0, 0.05) is 23.6 Å². The quantitative estimate of drug-likeness (QED) is 0.792. The Morgan fingerprint density at radius 2 is 1.43 bits per heavy atom. The number of benzene rings is 2. The molecule has 4 nitrogen and oxygen atoms in total. The second-order valence-corrected chi connectivity index (χ2v) is 5.00. The number of anilines is 1. The Morgan fingerprint density at radius 3 is 2.00 bits per heavy atom. The van der Waals surface area contributed by atoms with E-state index in [0.717, 1.165) is 22.6 Å². The van der Waals surface area contributed by atoms with Gasteiger partial charge in [-0.05, 0) is 47.5 Å². The van der Waals surface area contributed by atoms with Crippen LogP contribution in [0.2, 0.25) is 0 Å². The van der Waals surface area contributed by atoms with Crippen LogP contribution < -0.4 is 10.1 Å². The summed E-state index contributed by atoms with van der Waals surface area (Å²) in [7, 11) is 1.64. The van der Waals surface area contributed by atoms with Gasteiger partial charge < -0.3 is 10.1 Å². The molecule has 1 amide bonds. The van der Waals surface area contributed by atoms with Gasteiger partial charge in [-0.2, -0.15) is 0 Å². The number of pyridine rings is 1. The molecule has 0 atom stereocenters. The maximum atomic E-state index is 12.2. The monoisotopic (exact) mass is 304 g/mol. The van der Waals surface area contributed by atoms with Crippen molar-refractivity contribution in [1.29, 1.82) is 0 Å². The molecule has 0 aliphatic carbocycles. The highest BCUT2D eigenvalue weighted by Gasteiger charge is 2.06. The van der Waals surface area contributed by atoms with E-state index < -0.39 is 0 Å². The Balaban J connectivity index is 1.74. The van der Waals surface area contributed by atoms with Crippen LogP contribution in [0.5, 0.6) is 5.75 Å². The van der Waals surface area contributed by atoms with E-state index >= 15 is 0 Å². The molecular weight excluding hydrogens is 288 g/mol. The van der Waals surface area contributed by atoms with Crippen molar-refractivity contribution >= 4 is 11.6 Å². The first-order valence-corrected chi connectivity index (χ1v) is 7.22. The van der Waals surface area contributed by atoms with Gasteiger partial charge in [-0.1, -0.05) is 24.3 Å². The summed E-state index contributed by atoms with van der Waals surface area (Å²) in [4.78, 5) is 16.1. The maximum absolute atomic E-state index is 12.2. The number of hydrogen-bond donors (Lipinski definition) is 1. The molecule has 3 rings (SSSR count). The van der Waals surface area contributed by atoms with E-state index in [4.69, 9.17) is 4.74 Å². The fourth-order valence-electron chi connectivity index (χ4n) is 2.24. The summed E-state index contributed by atoms with van der Waals surface area (Å²) < 4.78 is 5.15. The van der Waals surface area contributed by atoms with Crippen LogP contribution in [0, 0.1) is 0 Å². The molecule has 0 unspecified atom stereocenters. The Bertz CT molecular complexity index is 782. The molecule has 1 aromatic heterocycles. The van der Waals surface area contributed by atoms with Crippen molar-refractivity contribution in [2.24, 2.45) is 0 Å². The third-order valence-electron chi connectivity index (χ3n) is 3.51. The number of amides is 1. The zero-order valence-electron chi connectivity index (χ0n) is 12.7. The SMILES string of the molecule is COc1ccc(-c2ccc(C(=O)Nc3ccncc3)cc2)cc1. The van der Waals surface area contributed by atoms with Gasteiger partial charge >= 0.3 is 0 Å². The van der Waals surface area contributed by atoms with E-state index in [0.29, 0.717) is 5.56 Å². The van der Waals surface area contributed by atoms with Crippen molar-refractivity contribution in [2.75, 3.05) is 12.4 Å². The summed E-state index contributed by atoms with van der Waals surface area (Å²) in [6.45, 7) is 0. The van der Waals surface area contributed by atoms with Gasteiger partial charge in [0.1, 0.15) is 5.75 Å². The van der Waals surface area contributed by atoms with Crippen LogP contribution in [0.15, 0.2) is 73.1 Å². The minimum Gasteiger partial charge on any atom is -0.497 e. The number of aromatic nitrogens is 1. The fraction of sp³-hybridized carbons (Fsp3) is 0.0526. The number of ether oxygens (including phenoxy) is 1. The number of carbonyl (C=O) groups excluding carboxylic acids is 1. The van der Waals surface area contributed by atoms with E-state index in [1.165, 1.54) is 0 Å². The summed E-state index contributed by atoms with van der Waals surface area (Å²) in [5.74, 6) is 0.680. The number of carbonyl (C=O) groups is 1. The number of hydrogen-bond acceptors (Lipinski definition) is 3. The van der Waals surface area contributed by atoms with Crippen LogP contribution in [-0.4, -0.2) is 18.0 Å². The second-order valence-electron chi connectivity index (χ2n) is 5.00. The molecule has 4 heteroatoms. The number of rotatable bonds is 4. The molecular formula is C19H16N2O2. The van der Waals surface area contributed by atoms with Crippen LogP contribution >= 0.6 is 0 Å². The molecule has 23 heavy (non-hydrogen) atoms. The van der Waals surface area contributed by atoms with E-state index in [1.54, 1.807) is 31.6 Å². The Labute approximate surface area is 134 Å². The number of nitrogens with one attached hydrogen (secondary N) is 1. The maximum Gasteiger partial charge on any atom is 0.255 e. The van der Waals surface area contributed by atoms with Gasteiger partial charge in [-0.3, -0.25) is 9.78 Å². The lowest BCUT2D eigenvalue weighted by molar-refractivity contribution is 0.102. The third-order valence-corrected chi connectivity index (χ3v) is 3.51. The zero-order valence-corrected chi connectivity index (χ0v) is 12.7. The molecule has 0 fully saturated rings. The highest BCUT2D eigenvalue weighted by atomic mass is 16.5. The second kappa shape index (κ2) is 6.75. The normalized spacial score (nSPS) is 10.1. The van der Waals surface area contributed by atoms with E-state index in [-0.39, 0.29) is 5.91 Å². The van der Waals surface area contributed by atoms with Crippen LogP contribution in [0.1, 0.15) is 10.4 Å². The molecule has 0 radical (unpaired) electrons. The zero-order chi connectivity index (χ0) is 16.1. The fourth-order valence-corrected chi connectivity index (χ4v) is 2.24. The predicted molar refractivity (Wildman–Crippen MR) is 90.6 cm³/mol. The first-order chi connectivity index (χ1) is 11.3. The molecule has 114 valence electrons. The molecule has 0 saturated heterocycles. The van der Waals surface area contributed by atoms with Gasteiger partial charge in [0.2, 0.25) is 0 Å². The van der Waals surface area contributed by atoms with Crippen LogP contribution in [0.4, 0.5) is 5.69 Å². The smallest absolute Gasteiger partial charge is 0.255 e. The van der Waals surface area contributed by atoms with Crippen molar-refractivity contribution in [1.82, 2.24) is 4.98 Å². The Morgan fingerprint density at radius 1 is 0.870 bits per heavy atom. The Kier molecular flexibility index (Phi) is 4.34. The van der Waals surface area contributed by atoms with Gasteiger partial charge in [-0.25, -0.2) is 0 Å². The molecule has 0 saturated carbocycles. The first kappa shape index (κ1) is 14.8. The largest absolute Gasteiger partial charge is 0.497 e. The Hall–Kier alpha value is -3.14. The summed E-state index contributed by atoms with van der Waals surface area (Å²) in [6, 6.07) is 18.8. The van der Waals surface area contributed by atoms with Crippen LogP contribution in [0.25, 0.3) is 11.1 Å². The predicted octanol–water partition coefficient (Wildman–Crippen LogP) is 4.01. The minimum atomic E-state index is -0.141. The van der Waals surface area contributed by atoms with Crippen molar-refractivity contribution < 1.29 is 9.53 Å². The molecule has 0 spiro atoms. The molecule has 1 heterocycles. The first-order valence-electron chi connectivity index (χ1n) is 7.22. The van der Waals surface area contributed by atoms with Gasteiger partial charge in [0.15, 0.2) is 0 Å². The van der Waals surface area contributed by atoms with E-state index in [9.17, 15) is 4.79 Å². The van der Waals surface area contributed by atoms with Crippen molar-refractivity contribution in [3.8, 4) is 16.9 Å². The van der Waals surface area contributed by atoms with Gasteiger partial charge in [0.05, 0.1) is 7.11 Å². The average Bonchev–Trinajstić information content (AvgIpc) is 2.63. The minimum absolute atomic E-state index is 0.141. The highest BCUT2D eigenvalue weighted by Crippen LogP contribution is 2.23. The molecule has 2 aromatic carbocycles. The highest BCUT2D eigenvalue weighted by molar-refractivity contribution is 6.04. The topological polar surface area (TPSA) is 51.2 Å². The van der Waals surface area contributed by atoms with Crippen molar-refractivity contribution in [3.63, 3.8) is 0 Å². The molecule has 0 aliphatic heterocycles. The lowest BCUT2D eigenvalue weighted by atomic mass is 10.0. The molecule has 0 bridgehead atoms. The van der Waals surface area contributed by atoms with Gasteiger partial charge in [-0.15, -0.1) is 0 Å². The van der Waals surface area contributed by atoms with E-state index in [1.807, 2.05) is 48.5 Å². The van der Waals surface area contributed by atoms with Crippen LogP contribution in [-0.2, 0) is 0 Å². The van der Waals surface area contributed by atoms with Gasteiger partial charge in [0.25, 0.3) is 5.91 Å². The lowest BCUT2D eigenvalue weighted by Gasteiger charge is -2.07. The van der Waals surface area contributed by atoms with Crippen LogP contribution in [0.3, 0.4) is 0 Å². The molecule has 1 N–H and O–H groups in total. The summed E-state index contributed by atoms with van der Waals surface area (Å²) in [5.41, 5.74) is 3.46. The van der Waals surface area contributed by atoms with E-state index in [2.05, 4.69) is 10.3 Å². The van der Waals surface area contributed by atoms with Crippen molar-refractivity contribution in [3.05, 3.63) is 78.6 Å². The average molecular weight is 304 g/mol. The summed E-state index contributed by atoms with van der Waals surface area (Å²) in [6.07, 6.45) is 3.28. The number of methoxy groups -OCH3 is 1. The third kappa shape index (κ3) is 3.55. The summed E-state index contributed by atoms with van der Waals surface area (Å²) >= 11 is 0. The standard InChI is InChI=1S/C19H16N2O2/c1-23-18-8-6-15(7-9-18)14-2-4-16(5-3-14)19(22)21-17-10-12-20-13-11-17/h2-13H,1H3,(H,20,21,22). The summed E-state index contributed by atoms with van der Waals surface area (Å²) in [5, 5.41) is 2.84.